The molecule has 2 N–H and O–H groups in total. The molecule has 1 aliphatic heterocycles. The highest BCUT2D eigenvalue weighted by molar-refractivity contribution is 7.99. The monoisotopic (exact) mass is 287 g/mol. The van der Waals surface area contributed by atoms with E-state index in [1.807, 2.05) is 24.0 Å². The molecule has 1 fully saturated rings. The van der Waals surface area contributed by atoms with E-state index < -0.39 is 0 Å². The highest BCUT2D eigenvalue weighted by Gasteiger charge is 2.22. The molecule has 0 bridgehead atoms. The molecule has 1 aromatic heterocycles. The van der Waals surface area contributed by atoms with Crippen LogP contribution in [0.25, 0.3) is 10.9 Å². The summed E-state index contributed by atoms with van der Waals surface area (Å²) in [7, 11) is 0. The van der Waals surface area contributed by atoms with Crippen LogP contribution in [-0.4, -0.2) is 41.0 Å². The minimum atomic E-state index is 0.285. The maximum atomic E-state index is 6.10. The fourth-order valence-corrected chi connectivity index (χ4v) is 3.85. The Morgan fingerprint density at radius 1 is 1.20 bits per heavy atom. The molecule has 3 nitrogen and oxygen atoms in total. The van der Waals surface area contributed by atoms with E-state index in [0.29, 0.717) is 6.54 Å². The van der Waals surface area contributed by atoms with Crippen LogP contribution in [0, 0.1) is 0 Å². The standard InChI is InChI=1S/C16H21N3S/c17-12-15(19-8-3-10-20-11-9-19)14-6-1-4-13-5-2-7-18-16(13)14/h1-2,4-7,15H,3,8-12,17H2. The third-order valence-corrected chi connectivity index (χ3v) is 4.99. The van der Waals surface area contributed by atoms with Gasteiger partial charge in [-0.3, -0.25) is 9.88 Å². The molecular formula is C16H21N3S. The Hall–Kier alpha value is -1.10. The number of nitrogens with two attached hydrogens (primary N) is 1. The molecule has 3 rings (SSSR count). The second-order valence-electron chi connectivity index (χ2n) is 5.18. The lowest BCUT2D eigenvalue weighted by Gasteiger charge is -2.30. The first-order chi connectivity index (χ1) is 9.90. The van der Waals surface area contributed by atoms with Gasteiger partial charge in [-0.25, -0.2) is 0 Å². The predicted molar refractivity (Wildman–Crippen MR) is 87.1 cm³/mol. The van der Waals surface area contributed by atoms with E-state index in [2.05, 4.69) is 34.1 Å². The lowest BCUT2D eigenvalue weighted by molar-refractivity contribution is 0.219. The van der Waals surface area contributed by atoms with Crippen molar-refractivity contribution in [2.24, 2.45) is 5.73 Å². The molecule has 1 unspecified atom stereocenters. The van der Waals surface area contributed by atoms with Gasteiger partial charge in [0.05, 0.1) is 5.52 Å². The minimum absolute atomic E-state index is 0.285. The summed E-state index contributed by atoms with van der Waals surface area (Å²) < 4.78 is 0. The average molecular weight is 287 g/mol. The summed E-state index contributed by atoms with van der Waals surface area (Å²) >= 11 is 2.05. The average Bonchev–Trinajstić information content (AvgIpc) is 2.78. The summed E-state index contributed by atoms with van der Waals surface area (Å²) in [5.41, 5.74) is 8.48. The molecule has 0 saturated carbocycles. The number of aromatic nitrogens is 1. The number of hydrogen-bond donors (Lipinski definition) is 1. The van der Waals surface area contributed by atoms with Gasteiger partial charge in [0.2, 0.25) is 0 Å². The number of benzene rings is 1. The van der Waals surface area contributed by atoms with Gasteiger partial charge in [0.1, 0.15) is 0 Å². The Balaban J connectivity index is 1.98. The van der Waals surface area contributed by atoms with E-state index >= 15 is 0 Å². The zero-order chi connectivity index (χ0) is 13.8. The fraction of sp³-hybridized carbons (Fsp3) is 0.438. The van der Waals surface area contributed by atoms with Crippen LogP contribution in [0.4, 0.5) is 0 Å². The number of fused-ring (bicyclic) bond motifs is 1. The second-order valence-corrected chi connectivity index (χ2v) is 6.40. The van der Waals surface area contributed by atoms with Gasteiger partial charge in [-0.15, -0.1) is 0 Å². The normalized spacial score (nSPS) is 18.9. The van der Waals surface area contributed by atoms with Crippen LogP contribution in [0.1, 0.15) is 18.0 Å². The molecule has 0 aliphatic carbocycles. The number of pyridine rings is 1. The van der Waals surface area contributed by atoms with Crippen LogP contribution in [0.15, 0.2) is 36.5 Å². The first-order valence-corrected chi connectivity index (χ1v) is 8.41. The van der Waals surface area contributed by atoms with Crippen LogP contribution in [-0.2, 0) is 0 Å². The zero-order valence-electron chi connectivity index (χ0n) is 11.7. The van der Waals surface area contributed by atoms with Gasteiger partial charge in [0, 0.05) is 36.5 Å². The van der Waals surface area contributed by atoms with Crippen molar-refractivity contribution in [2.75, 3.05) is 31.1 Å². The molecule has 0 amide bonds. The van der Waals surface area contributed by atoms with Crippen LogP contribution >= 0.6 is 11.8 Å². The second kappa shape index (κ2) is 6.57. The van der Waals surface area contributed by atoms with Crippen LogP contribution in [0.2, 0.25) is 0 Å². The summed E-state index contributed by atoms with van der Waals surface area (Å²) in [4.78, 5) is 7.11. The first-order valence-electron chi connectivity index (χ1n) is 7.25. The lowest BCUT2D eigenvalue weighted by Crippen LogP contribution is -2.35. The number of thioether (sulfide) groups is 1. The van der Waals surface area contributed by atoms with Gasteiger partial charge in [0.15, 0.2) is 0 Å². The molecule has 0 radical (unpaired) electrons. The van der Waals surface area contributed by atoms with Gasteiger partial charge in [-0.1, -0.05) is 24.3 Å². The predicted octanol–water partition coefficient (Wildman–Crippen LogP) is 2.67. The van der Waals surface area contributed by atoms with Crippen molar-refractivity contribution in [3.8, 4) is 0 Å². The SMILES string of the molecule is NCC(c1cccc2cccnc12)N1CCCSCC1. The van der Waals surface area contributed by atoms with Crippen LogP contribution in [0.3, 0.4) is 0 Å². The Morgan fingerprint density at radius 3 is 3.00 bits per heavy atom. The first kappa shape index (κ1) is 13.9. The van der Waals surface area contributed by atoms with Gasteiger partial charge in [-0.2, -0.15) is 11.8 Å². The van der Waals surface area contributed by atoms with Gasteiger partial charge >= 0.3 is 0 Å². The Labute approximate surface area is 124 Å². The topological polar surface area (TPSA) is 42.1 Å². The molecule has 20 heavy (non-hydrogen) atoms. The van der Waals surface area contributed by atoms with Crippen LogP contribution < -0.4 is 5.73 Å². The van der Waals surface area contributed by atoms with E-state index in [-0.39, 0.29) is 6.04 Å². The van der Waals surface area contributed by atoms with Crippen LogP contribution in [0.5, 0.6) is 0 Å². The molecule has 1 saturated heterocycles. The van der Waals surface area contributed by atoms with Crippen molar-refractivity contribution in [3.05, 3.63) is 42.1 Å². The number of hydrogen-bond acceptors (Lipinski definition) is 4. The summed E-state index contributed by atoms with van der Waals surface area (Å²) in [6.07, 6.45) is 3.12. The molecular weight excluding hydrogens is 266 g/mol. The minimum Gasteiger partial charge on any atom is -0.329 e. The van der Waals surface area contributed by atoms with E-state index in [0.717, 1.165) is 18.6 Å². The zero-order valence-corrected chi connectivity index (χ0v) is 12.5. The van der Waals surface area contributed by atoms with Gasteiger partial charge < -0.3 is 5.73 Å². The molecule has 1 atom stereocenters. The van der Waals surface area contributed by atoms with Gasteiger partial charge in [-0.05, 0) is 30.3 Å². The highest BCUT2D eigenvalue weighted by atomic mass is 32.2. The molecule has 2 aromatic rings. The summed E-state index contributed by atoms with van der Waals surface area (Å²) in [6.45, 7) is 2.91. The van der Waals surface area contributed by atoms with Crippen molar-refractivity contribution in [2.45, 2.75) is 12.5 Å². The molecule has 1 aromatic carbocycles. The summed E-state index contributed by atoms with van der Waals surface area (Å²) in [6, 6.07) is 10.8. The van der Waals surface area contributed by atoms with Crippen molar-refractivity contribution in [1.29, 1.82) is 0 Å². The molecule has 106 valence electrons. The van der Waals surface area contributed by atoms with Crippen molar-refractivity contribution in [1.82, 2.24) is 9.88 Å². The van der Waals surface area contributed by atoms with E-state index in [9.17, 15) is 0 Å². The number of rotatable bonds is 3. The summed E-state index contributed by atoms with van der Waals surface area (Å²) in [5, 5.41) is 1.20. The Kier molecular flexibility index (Phi) is 4.55. The van der Waals surface area contributed by atoms with Crippen molar-refractivity contribution >= 4 is 22.7 Å². The smallest absolute Gasteiger partial charge is 0.0750 e. The van der Waals surface area contributed by atoms with Crippen molar-refractivity contribution < 1.29 is 0 Å². The highest BCUT2D eigenvalue weighted by Crippen LogP contribution is 2.28. The van der Waals surface area contributed by atoms with E-state index in [1.165, 1.54) is 28.9 Å². The molecule has 2 heterocycles. The quantitative estimate of drug-likeness (QED) is 0.942. The third kappa shape index (κ3) is 2.82. The maximum Gasteiger partial charge on any atom is 0.0750 e. The Morgan fingerprint density at radius 2 is 2.10 bits per heavy atom. The number of para-hydroxylation sites is 1. The lowest BCUT2D eigenvalue weighted by atomic mass is 10.0. The van der Waals surface area contributed by atoms with E-state index in [4.69, 9.17) is 5.73 Å². The van der Waals surface area contributed by atoms with Crippen molar-refractivity contribution in [3.63, 3.8) is 0 Å². The molecule has 0 spiro atoms. The fourth-order valence-electron chi connectivity index (χ4n) is 2.95. The number of nitrogens with zero attached hydrogens (tertiary/aromatic N) is 2. The molecule has 4 heteroatoms. The summed E-state index contributed by atoms with van der Waals surface area (Å²) in [5.74, 6) is 2.47. The third-order valence-electron chi connectivity index (χ3n) is 3.94. The largest absolute Gasteiger partial charge is 0.329 e. The van der Waals surface area contributed by atoms with E-state index in [1.54, 1.807) is 0 Å². The molecule has 1 aliphatic rings. The maximum absolute atomic E-state index is 6.10. The van der Waals surface area contributed by atoms with Gasteiger partial charge in [0.25, 0.3) is 0 Å². The Bertz CT molecular complexity index is 559.